The normalized spacial score (nSPS) is 10.4. The van der Waals surface area contributed by atoms with Crippen LogP contribution in [0.15, 0.2) is 30.8 Å². The van der Waals surface area contributed by atoms with Crippen LogP contribution in [0.1, 0.15) is 11.1 Å². The summed E-state index contributed by atoms with van der Waals surface area (Å²) in [6, 6.07) is 6.00. The highest BCUT2D eigenvalue weighted by Gasteiger charge is 2.23. The molecule has 0 atom stereocenters. The van der Waals surface area contributed by atoms with Gasteiger partial charge in [0.05, 0.1) is 12.7 Å². The molecule has 1 heterocycles. The maximum Gasteiger partial charge on any atom is 0.252 e. The lowest BCUT2D eigenvalue weighted by atomic mass is 9.99. The molecular weight excluding hydrogens is 274 g/mol. The molecule has 0 N–H and O–H groups in total. The highest BCUT2D eigenvalue weighted by molar-refractivity contribution is 5.78. The average Bonchev–Trinajstić information content (AvgIpc) is 2.45. The van der Waals surface area contributed by atoms with E-state index in [0.29, 0.717) is 11.3 Å². The molecule has 0 aliphatic carbocycles. The van der Waals surface area contributed by atoms with Crippen molar-refractivity contribution in [3.8, 4) is 5.75 Å². The van der Waals surface area contributed by atoms with Crippen molar-refractivity contribution in [2.45, 2.75) is 0 Å². The van der Waals surface area contributed by atoms with Crippen molar-refractivity contribution in [1.29, 1.82) is 0 Å². The minimum absolute atomic E-state index is 0.192. The van der Waals surface area contributed by atoms with Crippen molar-refractivity contribution in [1.82, 2.24) is 4.98 Å². The highest BCUT2D eigenvalue weighted by Crippen LogP contribution is 2.29. The topological polar surface area (TPSA) is 22.1 Å². The van der Waals surface area contributed by atoms with E-state index in [1.54, 1.807) is 0 Å². The summed E-state index contributed by atoms with van der Waals surface area (Å²) in [4.78, 5) is 2.49. The summed E-state index contributed by atoms with van der Waals surface area (Å²) in [7, 11) is 1.46. The van der Waals surface area contributed by atoms with E-state index >= 15 is 0 Å². The molecule has 0 unspecified atom stereocenters. The van der Waals surface area contributed by atoms with Gasteiger partial charge in [-0.3, -0.25) is 0 Å². The maximum absolute atomic E-state index is 13.6. The Balaban J connectivity index is 2.53. The zero-order valence-electron chi connectivity index (χ0n) is 10.4. The lowest BCUT2D eigenvalue weighted by Gasteiger charge is -2.10. The second kappa shape index (κ2) is 5.32. The van der Waals surface area contributed by atoms with E-state index < -0.39 is 29.1 Å². The van der Waals surface area contributed by atoms with Crippen LogP contribution < -0.4 is 4.74 Å². The molecule has 0 radical (unpaired) electrons. The van der Waals surface area contributed by atoms with E-state index in [2.05, 4.69) is 11.6 Å². The average molecular weight is 283 g/mol. The summed E-state index contributed by atoms with van der Waals surface area (Å²) in [5.41, 5.74) is -0.767. The van der Waals surface area contributed by atoms with Crippen molar-refractivity contribution >= 4 is 5.57 Å². The number of nitrogens with zero attached hydrogens (tertiary/aromatic N) is 1. The van der Waals surface area contributed by atoms with E-state index in [4.69, 9.17) is 4.74 Å². The molecule has 2 nitrogen and oxygen atoms in total. The fourth-order valence-corrected chi connectivity index (χ4v) is 1.69. The van der Waals surface area contributed by atoms with Crippen LogP contribution in [-0.2, 0) is 0 Å². The predicted octanol–water partition coefficient (Wildman–Crippen LogP) is 3.71. The summed E-state index contributed by atoms with van der Waals surface area (Å²) in [6.45, 7) is 3.47. The first-order valence-electron chi connectivity index (χ1n) is 5.49. The molecule has 104 valence electrons. The number of aromatic nitrogens is 1. The minimum Gasteiger partial charge on any atom is -0.497 e. The number of rotatable bonds is 3. The van der Waals surface area contributed by atoms with Gasteiger partial charge in [-0.2, -0.15) is 13.8 Å². The lowest BCUT2D eigenvalue weighted by molar-refractivity contribution is 0.404. The molecule has 0 bridgehead atoms. The highest BCUT2D eigenvalue weighted by atomic mass is 19.2. The van der Waals surface area contributed by atoms with Gasteiger partial charge in [0.2, 0.25) is 0 Å². The largest absolute Gasteiger partial charge is 0.497 e. The second-order valence-electron chi connectivity index (χ2n) is 3.90. The maximum atomic E-state index is 13.6. The molecule has 0 aliphatic heterocycles. The molecule has 0 aliphatic rings. The third-order valence-electron chi connectivity index (χ3n) is 2.74. The van der Waals surface area contributed by atoms with E-state index in [-0.39, 0.29) is 5.57 Å². The van der Waals surface area contributed by atoms with Gasteiger partial charge in [-0.1, -0.05) is 18.7 Å². The molecular formula is C14H9F4NO. The molecule has 0 saturated carbocycles. The first kappa shape index (κ1) is 14.0. The van der Waals surface area contributed by atoms with Crippen LogP contribution in [0.4, 0.5) is 17.6 Å². The summed E-state index contributed by atoms with van der Waals surface area (Å²) < 4.78 is 58.2. The number of benzene rings is 1. The third-order valence-corrected chi connectivity index (χ3v) is 2.74. The fraction of sp³-hybridized carbons (Fsp3) is 0.0714. The lowest BCUT2D eigenvalue weighted by Crippen LogP contribution is -2.06. The van der Waals surface area contributed by atoms with Gasteiger partial charge in [-0.05, 0) is 23.3 Å². The third kappa shape index (κ3) is 2.36. The number of halogens is 4. The Labute approximate surface area is 112 Å². The van der Waals surface area contributed by atoms with Gasteiger partial charge in [0.1, 0.15) is 5.75 Å². The summed E-state index contributed by atoms with van der Waals surface area (Å²) >= 11 is 0. The number of hydrogen-bond acceptors (Lipinski definition) is 2. The van der Waals surface area contributed by atoms with Crippen molar-refractivity contribution < 1.29 is 22.3 Å². The monoisotopic (exact) mass is 283 g/mol. The Kier molecular flexibility index (Phi) is 3.74. The van der Waals surface area contributed by atoms with E-state index in [0.717, 1.165) is 0 Å². The van der Waals surface area contributed by atoms with Crippen molar-refractivity contribution in [3.05, 3.63) is 65.5 Å². The van der Waals surface area contributed by atoms with Gasteiger partial charge >= 0.3 is 0 Å². The van der Waals surface area contributed by atoms with E-state index in [1.807, 2.05) is 0 Å². The van der Waals surface area contributed by atoms with E-state index in [1.165, 1.54) is 31.4 Å². The van der Waals surface area contributed by atoms with Crippen LogP contribution in [-0.4, -0.2) is 12.1 Å². The van der Waals surface area contributed by atoms with Crippen LogP contribution in [0, 0.1) is 23.5 Å². The molecule has 6 heteroatoms. The number of pyridine rings is 1. The number of ether oxygens (including phenoxy) is 1. The smallest absolute Gasteiger partial charge is 0.252 e. The zero-order chi connectivity index (χ0) is 14.9. The molecule has 0 fully saturated rings. The Morgan fingerprint density at radius 1 is 1.00 bits per heavy atom. The fourth-order valence-electron chi connectivity index (χ4n) is 1.69. The van der Waals surface area contributed by atoms with Gasteiger partial charge in [0.25, 0.3) is 11.9 Å². The van der Waals surface area contributed by atoms with Gasteiger partial charge in [-0.15, -0.1) is 0 Å². The molecule has 1 aromatic carbocycles. The molecule has 0 amide bonds. The van der Waals surface area contributed by atoms with Crippen LogP contribution in [0.3, 0.4) is 0 Å². The summed E-state index contributed by atoms with van der Waals surface area (Å²) in [5.74, 6) is -6.06. The number of methoxy groups -OCH3 is 1. The quantitative estimate of drug-likeness (QED) is 0.633. The van der Waals surface area contributed by atoms with Gasteiger partial charge in [0, 0.05) is 0 Å². The Bertz CT molecular complexity index is 642. The Hall–Kier alpha value is -2.37. The molecule has 0 spiro atoms. The minimum atomic E-state index is -1.71. The SMILES string of the molecule is C=C(c1ccc(OC)cc1)c1c(F)c(F)nc(F)c1F. The van der Waals surface area contributed by atoms with E-state index in [9.17, 15) is 17.6 Å². The molecule has 20 heavy (non-hydrogen) atoms. The van der Waals surface area contributed by atoms with Crippen molar-refractivity contribution in [2.75, 3.05) is 7.11 Å². The Morgan fingerprint density at radius 2 is 1.50 bits per heavy atom. The van der Waals surface area contributed by atoms with Crippen LogP contribution >= 0.6 is 0 Å². The molecule has 0 saturated heterocycles. The van der Waals surface area contributed by atoms with Crippen molar-refractivity contribution in [3.63, 3.8) is 0 Å². The first-order chi connectivity index (χ1) is 9.45. The molecule has 1 aromatic heterocycles. The van der Waals surface area contributed by atoms with Crippen molar-refractivity contribution in [2.24, 2.45) is 0 Å². The predicted molar refractivity (Wildman–Crippen MR) is 65.2 cm³/mol. The van der Waals surface area contributed by atoms with Gasteiger partial charge in [-0.25, -0.2) is 8.78 Å². The van der Waals surface area contributed by atoms with Crippen LogP contribution in [0.25, 0.3) is 5.57 Å². The second-order valence-corrected chi connectivity index (χ2v) is 3.90. The Morgan fingerprint density at radius 3 is 1.95 bits per heavy atom. The number of hydrogen-bond donors (Lipinski definition) is 0. The standard InChI is InChI=1S/C14H9F4NO/c1-7(8-3-5-9(20-2)6-4-8)10-11(15)13(17)19-14(18)12(10)16/h3-6H,1H2,2H3. The van der Waals surface area contributed by atoms with Gasteiger partial charge < -0.3 is 4.74 Å². The van der Waals surface area contributed by atoms with Gasteiger partial charge in [0.15, 0.2) is 11.6 Å². The zero-order valence-corrected chi connectivity index (χ0v) is 10.4. The van der Waals surface area contributed by atoms with Crippen LogP contribution in [0.5, 0.6) is 5.75 Å². The first-order valence-corrected chi connectivity index (χ1v) is 5.49. The molecule has 2 aromatic rings. The molecule has 2 rings (SSSR count). The summed E-state index contributed by atoms with van der Waals surface area (Å²) in [5, 5.41) is 0. The summed E-state index contributed by atoms with van der Waals surface area (Å²) in [6.07, 6.45) is 0. The van der Waals surface area contributed by atoms with Crippen LogP contribution in [0.2, 0.25) is 0 Å².